The van der Waals surface area contributed by atoms with Crippen molar-refractivity contribution in [3.05, 3.63) is 0 Å². The Labute approximate surface area is 119 Å². The Morgan fingerprint density at radius 3 is 2.05 bits per heavy atom. The van der Waals surface area contributed by atoms with Crippen LogP contribution in [0.1, 0.15) is 47.5 Å². The molecule has 0 aromatic carbocycles. The summed E-state index contributed by atoms with van der Waals surface area (Å²) in [6, 6.07) is -1.60. The summed E-state index contributed by atoms with van der Waals surface area (Å²) in [4.78, 5) is 36.8. The molecule has 20 heavy (non-hydrogen) atoms. The zero-order chi connectivity index (χ0) is 15.7. The molecule has 1 aliphatic rings. The van der Waals surface area contributed by atoms with Gasteiger partial charge < -0.3 is 15.3 Å². The van der Waals surface area contributed by atoms with Gasteiger partial charge in [0.1, 0.15) is 12.1 Å². The van der Waals surface area contributed by atoms with Crippen LogP contribution in [0.15, 0.2) is 0 Å². The second-order valence-electron chi connectivity index (χ2n) is 6.44. The highest BCUT2D eigenvalue weighted by Gasteiger charge is 2.40. The average Bonchev–Trinajstić information content (AvgIpc) is 3.11. The molecule has 0 saturated heterocycles. The molecular weight excluding hydrogens is 260 g/mol. The Morgan fingerprint density at radius 2 is 1.70 bits per heavy atom. The van der Waals surface area contributed by atoms with Crippen molar-refractivity contribution in [3.63, 3.8) is 0 Å². The highest BCUT2D eigenvalue weighted by Crippen LogP contribution is 2.29. The minimum atomic E-state index is -1.03. The summed E-state index contributed by atoms with van der Waals surface area (Å²) in [7, 11) is 0. The molecule has 2 N–H and O–H groups in total. The van der Waals surface area contributed by atoms with Gasteiger partial charge in [-0.1, -0.05) is 20.8 Å². The predicted molar refractivity (Wildman–Crippen MR) is 74.0 cm³/mol. The zero-order valence-electron chi connectivity index (χ0n) is 12.8. The molecule has 0 bridgehead atoms. The quantitative estimate of drug-likeness (QED) is 0.788. The van der Waals surface area contributed by atoms with Crippen LogP contribution in [0.5, 0.6) is 0 Å². The number of carbonyl (C=O) groups excluding carboxylic acids is 2. The molecule has 1 aliphatic carbocycles. The summed E-state index contributed by atoms with van der Waals surface area (Å²) >= 11 is 0. The van der Waals surface area contributed by atoms with Crippen molar-refractivity contribution in [2.45, 2.75) is 65.6 Å². The number of nitrogens with zero attached hydrogens (tertiary/aromatic N) is 1. The van der Waals surface area contributed by atoms with E-state index in [1.807, 2.05) is 0 Å². The first kappa shape index (κ1) is 16.5. The normalized spacial score (nSPS) is 18.1. The number of hydrogen-bond donors (Lipinski definition) is 2. The lowest BCUT2D eigenvalue weighted by atomic mass is 9.95. The van der Waals surface area contributed by atoms with Crippen molar-refractivity contribution in [1.82, 2.24) is 10.2 Å². The van der Waals surface area contributed by atoms with E-state index in [2.05, 4.69) is 5.32 Å². The van der Waals surface area contributed by atoms with Crippen LogP contribution in [-0.2, 0) is 14.4 Å². The van der Waals surface area contributed by atoms with E-state index >= 15 is 0 Å². The largest absolute Gasteiger partial charge is 0.480 e. The molecule has 2 unspecified atom stereocenters. The van der Waals surface area contributed by atoms with E-state index < -0.39 is 23.5 Å². The van der Waals surface area contributed by atoms with Crippen LogP contribution in [0, 0.1) is 5.41 Å². The number of amides is 2. The minimum absolute atomic E-state index is 0.0115. The van der Waals surface area contributed by atoms with Crippen molar-refractivity contribution in [2.75, 3.05) is 0 Å². The van der Waals surface area contributed by atoms with Crippen LogP contribution in [0.2, 0.25) is 0 Å². The molecule has 0 aromatic rings. The highest BCUT2D eigenvalue weighted by molar-refractivity contribution is 5.91. The van der Waals surface area contributed by atoms with Crippen LogP contribution >= 0.6 is 0 Å². The van der Waals surface area contributed by atoms with Crippen LogP contribution < -0.4 is 5.32 Å². The number of hydrogen-bond acceptors (Lipinski definition) is 3. The lowest BCUT2D eigenvalue weighted by Gasteiger charge is -2.30. The molecule has 1 rings (SSSR count). The van der Waals surface area contributed by atoms with Gasteiger partial charge in [-0.25, -0.2) is 4.79 Å². The summed E-state index contributed by atoms with van der Waals surface area (Å²) in [5, 5.41) is 11.7. The predicted octanol–water partition coefficient (Wildman–Crippen LogP) is 1.00. The molecule has 0 radical (unpaired) electrons. The molecular formula is C14H24N2O4. The Morgan fingerprint density at radius 1 is 1.20 bits per heavy atom. The molecule has 0 aliphatic heterocycles. The second kappa shape index (κ2) is 5.81. The van der Waals surface area contributed by atoms with Gasteiger partial charge in [0.2, 0.25) is 11.8 Å². The fourth-order valence-corrected chi connectivity index (χ4v) is 1.86. The second-order valence-corrected chi connectivity index (χ2v) is 6.44. The lowest BCUT2D eigenvalue weighted by molar-refractivity contribution is -0.151. The Hall–Kier alpha value is -1.59. The fraction of sp³-hybridized carbons (Fsp3) is 0.786. The Bertz CT molecular complexity index is 410. The number of aliphatic carboxylic acids is 1. The van der Waals surface area contributed by atoms with Gasteiger partial charge >= 0.3 is 5.97 Å². The molecule has 1 saturated carbocycles. The molecule has 2 amide bonds. The SMILES string of the molecule is CC(NC(=O)C(C)(C)C)C(=O)N(C1CC1)C(C)C(=O)O. The van der Waals surface area contributed by atoms with Crippen molar-refractivity contribution in [2.24, 2.45) is 5.41 Å². The van der Waals surface area contributed by atoms with E-state index in [1.165, 1.54) is 11.8 Å². The number of carboxylic acid groups (broad SMARTS) is 1. The summed E-state index contributed by atoms with van der Waals surface area (Å²) < 4.78 is 0. The van der Waals surface area contributed by atoms with Gasteiger partial charge in [0.15, 0.2) is 0 Å². The van der Waals surface area contributed by atoms with E-state index in [1.54, 1.807) is 27.7 Å². The number of carboxylic acids is 1. The zero-order valence-corrected chi connectivity index (χ0v) is 12.8. The number of nitrogens with one attached hydrogen (secondary N) is 1. The third-order valence-corrected chi connectivity index (χ3v) is 3.37. The van der Waals surface area contributed by atoms with E-state index in [9.17, 15) is 14.4 Å². The Balaban J connectivity index is 2.75. The highest BCUT2D eigenvalue weighted by atomic mass is 16.4. The van der Waals surface area contributed by atoms with E-state index in [0.717, 1.165) is 12.8 Å². The smallest absolute Gasteiger partial charge is 0.326 e. The Kier molecular flexibility index (Phi) is 4.78. The molecule has 1 fully saturated rings. The molecule has 0 heterocycles. The average molecular weight is 284 g/mol. The van der Waals surface area contributed by atoms with E-state index in [4.69, 9.17) is 5.11 Å². The maximum atomic E-state index is 12.4. The van der Waals surface area contributed by atoms with Crippen LogP contribution in [0.3, 0.4) is 0 Å². The lowest BCUT2D eigenvalue weighted by Crippen LogP contribution is -2.54. The van der Waals surface area contributed by atoms with Gasteiger partial charge in [0.25, 0.3) is 0 Å². The summed E-state index contributed by atoms with van der Waals surface area (Å²) in [5.41, 5.74) is -0.586. The summed E-state index contributed by atoms with van der Waals surface area (Å²) in [6.45, 7) is 8.38. The van der Waals surface area contributed by atoms with Gasteiger partial charge in [0, 0.05) is 11.5 Å². The van der Waals surface area contributed by atoms with Gasteiger partial charge in [-0.2, -0.15) is 0 Å². The van der Waals surface area contributed by atoms with Crippen LogP contribution in [0.25, 0.3) is 0 Å². The van der Waals surface area contributed by atoms with Crippen molar-refractivity contribution < 1.29 is 19.5 Å². The van der Waals surface area contributed by atoms with Crippen molar-refractivity contribution in [3.8, 4) is 0 Å². The fourth-order valence-electron chi connectivity index (χ4n) is 1.86. The first-order chi connectivity index (χ1) is 9.05. The summed E-state index contributed by atoms with van der Waals surface area (Å²) in [6.07, 6.45) is 1.65. The number of rotatable bonds is 5. The van der Waals surface area contributed by atoms with E-state index in [-0.39, 0.29) is 17.9 Å². The van der Waals surface area contributed by atoms with Gasteiger partial charge in [0.05, 0.1) is 0 Å². The molecule has 0 spiro atoms. The van der Waals surface area contributed by atoms with Gasteiger partial charge in [-0.05, 0) is 26.7 Å². The molecule has 6 heteroatoms. The van der Waals surface area contributed by atoms with E-state index in [0.29, 0.717) is 0 Å². The maximum Gasteiger partial charge on any atom is 0.326 e. The van der Waals surface area contributed by atoms with Crippen LogP contribution in [0.4, 0.5) is 0 Å². The standard InChI is InChI=1S/C14H24N2O4/c1-8(15-13(20)14(3,4)5)11(17)16(10-6-7-10)9(2)12(18)19/h8-10H,6-7H2,1-5H3,(H,15,20)(H,18,19). The summed E-state index contributed by atoms with van der Waals surface area (Å²) in [5.74, 6) is -1.59. The first-order valence-corrected chi connectivity index (χ1v) is 6.91. The van der Waals surface area contributed by atoms with Gasteiger partial charge in [-0.3, -0.25) is 9.59 Å². The third kappa shape index (κ3) is 3.95. The molecule has 6 nitrogen and oxygen atoms in total. The van der Waals surface area contributed by atoms with Crippen LogP contribution in [-0.4, -0.2) is 45.9 Å². The minimum Gasteiger partial charge on any atom is -0.480 e. The molecule has 0 aromatic heterocycles. The monoisotopic (exact) mass is 284 g/mol. The maximum absolute atomic E-state index is 12.4. The first-order valence-electron chi connectivity index (χ1n) is 6.91. The topological polar surface area (TPSA) is 86.7 Å². The van der Waals surface area contributed by atoms with Crippen molar-refractivity contribution >= 4 is 17.8 Å². The number of carbonyl (C=O) groups is 3. The third-order valence-electron chi connectivity index (χ3n) is 3.37. The van der Waals surface area contributed by atoms with Gasteiger partial charge in [-0.15, -0.1) is 0 Å². The molecule has 114 valence electrons. The molecule has 2 atom stereocenters. The van der Waals surface area contributed by atoms with Crippen molar-refractivity contribution in [1.29, 1.82) is 0 Å².